The first-order valence-electron chi connectivity index (χ1n) is 6.82. The molecule has 2 aromatic rings. The van der Waals surface area contributed by atoms with Gasteiger partial charge in [0.2, 0.25) is 0 Å². The highest BCUT2D eigenvalue weighted by molar-refractivity contribution is 7.91. The molecular weight excluding hydrogens is 356 g/mol. The largest absolute Gasteiger partial charge is 0.466 e. The molecule has 0 atom stereocenters. The minimum Gasteiger partial charge on any atom is -0.466 e. The standard InChI is InChI=1S/C16H13ClO4S2/c1-21-16(18)11-6-7-23(19,20)14-4-2-10(8-12(14)9-11)13-3-5-15(17)22-13/h2-5,8-9H,6-7H2,1H3. The van der Waals surface area contributed by atoms with Crippen molar-refractivity contribution in [2.24, 2.45) is 0 Å². The Labute approximate surface area is 143 Å². The molecule has 0 saturated heterocycles. The van der Waals surface area contributed by atoms with Crippen LogP contribution < -0.4 is 0 Å². The molecule has 0 spiro atoms. The summed E-state index contributed by atoms with van der Waals surface area (Å²) >= 11 is 7.37. The summed E-state index contributed by atoms with van der Waals surface area (Å²) in [6.07, 6.45) is 1.74. The molecule has 0 N–H and O–H groups in total. The van der Waals surface area contributed by atoms with Crippen LogP contribution in [-0.4, -0.2) is 27.2 Å². The number of rotatable bonds is 2. The molecule has 0 unspecified atom stereocenters. The molecule has 0 saturated carbocycles. The Morgan fingerprint density at radius 2 is 2.04 bits per heavy atom. The number of hydrogen-bond acceptors (Lipinski definition) is 5. The third kappa shape index (κ3) is 3.20. The van der Waals surface area contributed by atoms with Crippen molar-refractivity contribution in [1.29, 1.82) is 0 Å². The summed E-state index contributed by atoms with van der Waals surface area (Å²) in [5, 5.41) is 0. The van der Waals surface area contributed by atoms with Gasteiger partial charge in [-0.3, -0.25) is 0 Å². The summed E-state index contributed by atoms with van der Waals surface area (Å²) in [6, 6.07) is 8.79. The summed E-state index contributed by atoms with van der Waals surface area (Å²) in [5.41, 5.74) is 1.72. The SMILES string of the molecule is COC(=O)C1=Cc2cc(-c3ccc(Cl)s3)ccc2S(=O)(=O)CC1. The fourth-order valence-corrected chi connectivity index (χ4v) is 4.97. The van der Waals surface area contributed by atoms with Crippen LogP contribution in [0.3, 0.4) is 0 Å². The van der Waals surface area contributed by atoms with Crippen LogP contribution in [0.1, 0.15) is 12.0 Å². The van der Waals surface area contributed by atoms with E-state index in [0.717, 1.165) is 10.4 Å². The fraction of sp³-hybridized carbons (Fsp3) is 0.188. The van der Waals surface area contributed by atoms with E-state index in [1.807, 2.05) is 6.07 Å². The summed E-state index contributed by atoms with van der Waals surface area (Å²) in [5.74, 6) is -0.608. The summed E-state index contributed by atoms with van der Waals surface area (Å²) < 4.78 is 30.2. The molecule has 4 nitrogen and oxygen atoms in total. The highest BCUT2D eigenvalue weighted by atomic mass is 35.5. The lowest BCUT2D eigenvalue weighted by Gasteiger charge is -2.07. The quantitative estimate of drug-likeness (QED) is 0.756. The zero-order valence-corrected chi connectivity index (χ0v) is 14.6. The molecule has 0 aliphatic carbocycles. The summed E-state index contributed by atoms with van der Waals surface area (Å²) in [4.78, 5) is 13.0. The van der Waals surface area contributed by atoms with Gasteiger partial charge in [-0.05, 0) is 47.9 Å². The molecule has 3 rings (SSSR count). The lowest BCUT2D eigenvalue weighted by Crippen LogP contribution is -2.09. The predicted molar refractivity (Wildman–Crippen MR) is 91.4 cm³/mol. The monoisotopic (exact) mass is 368 g/mol. The van der Waals surface area contributed by atoms with Crippen LogP contribution in [0, 0.1) is 0 Å². The molecule has 0 bridgehead atoms. The number of sulfone groups is 1. The van der Waals surface area contributed by atoms with E-state index in [-0.39, 0.29) is 17.1 Å². The third-order valence-electron chi connectivity index (χ3n) is 3.62. The van der Waals surface area contributed by atoms with Crippen LogP contribution in [0.2, 0.25) is 4.34 Å². The van der Waals surface area contributed by atoms with Gasteiger partial charge in [0, 0.05) is 10.5 Å². The molecule has 7 heteroatoms. The van der Waals surface area contributed by atoms with Gasteiger partial charge >= 0.3 is 5.97 Å². The summed E-state index contributed by atoms with van der Waals surface area (Å²) in [7, 11) is -2.14. The Morgan fingerprint density at radius 1 is 1.26 bits per heavy atom. The Morgan fingerprint density at radius 3 is 2.70 bits per heavy atom. The third-order valence-corrected chi connectivity index (χ3v) is 6.68. The number of fused-ring (bicyclic) bond motifs is 1. The number of thiophene rings is 1. The highest BCUT2D eigenvalue weighted by Crippen LogP contribution is 2.35. The lowest BCUT2D eigenvalue weighted by atomic mass is 10.1. The van der Waals surface area contributed by atoms with E-state index in [9.17, 15) is 13.2 Å². The first kappa shape index (κ1) is 16.2. The topological polar surface area (TPSA) is 60.4 Å². The number of halogens is 1. The van der Waals surface area contributed by atoms with E-state index in [0.29, 0.717) is 15.5 Å². The van der Waals surface area contributed by atoms with Crippen molar-refractivity contribution in [2.45, 2.75) is 11.3 Å². The van der Waals surface area contributed by atoms with Crippen LogP contribution in [0.25, 0.3) is 16.5 Å². The van der Waals surface area contributed by atoms with Gasteiger partial charge in [-0.1, -0.05) is 17.7 Å². The van der Waals surface area contributed by atoms with Crippen LogP contribution in [0.5, 0.6) is 0 Å². The van der Waals surface area contributed by atoms with E-state index < -0.39 is 15.8 Å². The van der Waals surface area contributed by atoms with Crippen LogP contribution in [0.15, 0.2) is 40.8 Å². The minimum absolute atomic E-state index is 0.106. The average molecular weight is 369 g/mol. The van der Waals surface area contributed by atoms with Crippen molar-refractivity contribution in [1.82, 2.24) is 0 Å². The lowest BCUT2D eigenvalue weighted by molar-refractivity contribution is -0.136. The van der Waals surface area contributed by atoms with Gasteiger partial charge in [0.1, 0.15) is 0 Å². The first-order valence-corrected chi connectivity index (χ1v) is 9.67. The number of carbonyl (C=O) groups excluding carboxylic acids is 1. The maximum Gasteiger partial charge on any atom is 0.333 e. The van der Waals surface area contributed by atoms with Gasteiger partial charge in [0.15, 0.2) is 9.84 Å². The number of esters is 1. The molecule has 0 fully saturated rings. The fourth-order valence-electron chi connectivity index (χ4n) is 2.47. The van der Waals surface area contributed by atoms with Gasteiger partial charge < -0.3 is 4.74 Å². The van der Waals surface area contributed by atoms with Gasteiger partial charge in [0.25, 0.3) is 0 Å². The van der Waals surface area contributed by atoms with E-state index >= 15 is 0 Å². The van der Waals surface area contributed by atoms with Crippen LogP contribution >= 0.6 is 22.9 Å². The van der Waals surface area contributed by atoms with E-state index in [2.05, 4.69) is 0 Å². The molecule has 2 heterocycles. The van der Waals surface area contributed by atoms with E-state index in [1.54, 1.807) is 30.3 Å². The smallest absolute Gasteiger partial charge is 0.333 e. The molecular formula is C16H13ClO4S2. The van der Waals surface area contributed by atoms with Crippen molar-refractivity contribution in [3.05, 3.63) is 45.8 Å². The van der Waals surface area contributed by atoms with Crippen molar-refractivity contribution >= 4 is 44.8 Å². The number of benzene rings is 1. The Kier molecular flexibility index (Phi) is 4.31. The first-order chi connectivity index (χ1) is 10.9. The second-order valence-corrected chi connectivity index (χ2v) is 8.88. The Bertz CT molecular complexity index is 910. The molecule has 1 aromatic heterocycles. The maximum absolute atomic E-state index is 12.4. The average Bonchev–Trinajstić information content (AvgIpc) is 2.91. The summed E-state index contributed by atoms with van der Waals surface area (Å²) in [6.45, 7) is 0. The van der Waals surface area contributed by atoms with E-state index in [4.69, 9.17) is 16.3 Å². The molecule has 0 radical (unpaired) electrons. The molecule has 0 amide bonds. The van der Waals surface area contributed by atoms with Gasteiger partial charge in [-0.2, -0.15) is 0 Å². The highest BCUT2D eigenvalue weighted by Gasteiger charge is 2.25. The molecule has 120 valence electrons. The van der Waals surface area contributed by atoms with Crippen molar-refractivity contribution in [3.8, 4) is 10.4 Å². The van der Waals surface area contributed by atoms with E-state index in [1.165, 1.54) is 18.4 Å². The molecule has 1 aliphatic heterocycles. The maximum atomic E-state index is 12.4. The van der Waals surface area contributed by atoms with Gasteiger partial charge in [0.05, 0.1) is 22.1 Å². The zero-order valence-electron chi connectivity index (χ0n) is 12.2. The Hall–Kier alpha value is -1.63. The normalized spacial score (nSPS) is 16.2. The van der Waals surface area contributed by atoms with Gasteiger partial charge in [-0.25, -0.2) is 13.2 Å². The van der Waals surface area contributed by atoms with Crippen LogP contribution in [0.4, 0.5) is 0 Å². The van der Waals surface area contributed by atoms with Gasteiger partial charge in [-0.15, -0.1) is 11.3 Å². The number of carbonyl (C=O) groups is 1. The zero-order chi connectivity index (χ0) is 16.6. The van der Waals surface area contributed by atoms with Crippen molar-refractivity contribution in [2.75, 3.05) is 12.9 Å². The van der Waals surface area contributed by atoms with Crippen molar-refractivity contribution in [3.63, 3.8) is 0 Å². The number of hydrogen-bond donors (Lipinski definition) is 0. The number of methoxy groups -OCH3 is 1. The van der Waals surface area contributed by atoms with Crippen LogP contribution in [-0.2, 0) is 19.4 Å². The second kappa shape index (κ2) is 6.11. The molecule has 1 aliphatic rings. The van der Waals surface area contributed by atoms with Crippen molar-refractivity contribution < 1.29 is 17.9 Å². The molecule has 1 aromatic carbocycles. The minimum atomic E-state index is -3.43. The molecule has 23 heavy (non-hydrogen) atoms. The predicted octanol–water partition coefficient (Wildman–Crippen LogP) is 3.80. The second-order valence-electron chi connectivity index (χ2n) is 5.09. The Balaban J connectivity index is 2.16. The number of ether oxygens (including phenoxy) is 1.